The summed E-state index contributed by atoms with van der Waals surface area (Å²) in [6, 6.07) is -0.742. The lowest BCUT2D eigenvalue weighted by Gasteiger charge is -2.24. The second-order valence-electron chi connectivity index (χ2n) is 17.9. The second kappa shape index (κ2) is 53.2. The van der Waals surface area contributed by atoms with Gasteiger partial charge in [0.1, 0.15) is 6.10 Å². The Morgan fingerprint density at radius 2 is 0.821 bits per heavy atom. The van der Waals surface area contributed by atoms with E-state index in [4.69, 9.17) is 4.74 Å². The largest absolute Gasteiger partial charge is 0.462 e. The van der Waals surface area contributed by atoms with Crippen molar-refractivity contribution in [2.45, 2.75) is 244 Å². The Bertz CT molecular complexity index is 1410. The monoisotopic (exact) mass is 928 g/mol. The van der Waals surface area contributed by atoms with Crippen LogP contribution in [0.25, 0.3) is 0 Å². The lowest BCUT2D eigenvalue weighted by atomic mass is 10.0. The van der Waals surface area contributed by atoms with Gasteiger partial charge in [-0.2, -0.15) is 0 Å². The molecule has 6 heteroatoms. The number of rotatable bonds is 47. The highest BCUT2D eigenvalue weighted by molar-refractivity contribution is 5.77. The minimum absolute atomic E-state index is 0.00208. The van der Waals surface area contributed by atoms with Gasteiger partial charge in [0.05, 0.1) is 25.2 Å². The molecule has 3 unspecified atom stereocenters. The zero-order chi connectivity index (χ0) is 48.8. The first-order chi connectivity index (χ1) is 33.0. The molecule has 0 aromatic carbocycles. The predicted octanol–water partition coefficient (Wildman–Crippen LogP) is 16.8. The van der Waals surface area contributed by atoms with E-state index in [1.54, 1.807) is 0 Å². The Hall–Kier alpha value is -3.74. The molecule has 0 heterocycles. The van der Waals surface area contributed by atoms with Crippen molar-refractivity contribution in [2.24, 2.45) is 0 Å². The molecule has 6 nitrogen and oxygen atoms in total. The van der Waals surface area contributed by atoms with E-state index in [0.717, 1.165) is 89.9 Å². The Kier molecular flexibility index (Phi) is 50.2. The van der Waals surface area contributed by atoms with Crippen LogP contribution in [0.1, 0.15) is 226 Å². The number of carbonyl (C=O) groups excluding carboxylic acids is 2. The van der Waals surface area contributed by atoms with Crippen molar-refractivity contribution >= 4 is 11.9 Å². The summed E-state index contributed by atoms with van der Waals surface area (Å²) >= 11 is 0. The molecule has 0 aliphatic heterocycles. The summed E-state index contributed by atoms with van der Waals surface area (Å²) in [7, 11) is 0. The van der Waals surface area contributed by atoms with E-state index in [-0.39, 0.29) is 31.3 Å². The van der Waals surface area contributed by atoms with E-state index in [1.165, 1.54) is 83.5 Å². The molecule has 0 aromatic heterocycles. The van der Waals surface area contributed by atoms with E-state index < -0.39 is 18.2 Å². The number of carbonyl (C=O) groups is 2. The zero-order valence-corrected chi connectivity index (χ0v) is 43.2. The lowest BCUT2D eigenvalue weighted by Crippen LogP contribution is -2.46. The number of esters is 1. The average molecular weight is 928 g/mol. The summed E-state index contributed by atoms with van der Waals surface area (Å²) in [6.45, 7) is 6.30. The Labute approximate surface area is 412 Å². The molecule has 3 N–H and O–H groups in total. The minimum atomic E-state index is -0.822. The van der Waals surface area contributed by atoms with Gasteiger partial charge in [0.25, 0.3) is 0 Å². The Morgan fingerprint density at radius 1 is 0.448 bits per heavy atom. The number of allylic oxidation sites excluding steroid dienone is 20. The molecule has 0 aromatic rings. The van der Waals surface area contributed by atoms with Crippen LogP contribution in [0.4, 0.5) is 0 Å². The maximum Gasteiger partial charge on any atom is 0.306 e. The van der Waals surface area contributed by atoms with Crippen LogP contribution in [-0.2, 0) is 14.3 Å². The highest BCUT2D eigenvalue weighted by Crippen LogP contribution is 2.16. The number of hydrogen-bond acceptors (Lipinski definition) is 5. The van der Waals surface area contributed by atoms with Crippen LogP contribution in [0.15, 0.2) is 122 Å². The van der Waals surface area contributed by atoms with Crippen molar-refractivity contribution in [1.29, 1.82) is 0 Å². The van der Waals surface area contributed by atoms with E-state index >= 15 is 0 Å². The topological polar surface area (TPSA) is 95.9 Å². The molecule has 380 valence electrons. The number of amides is 1. The van der Waals surface area contributed by atoms with Gasteiger partial charge in [-0.1, -0.05) is 232 Å². The highest BCUT2D eigenvalue weighted by Gasteiger charge is 2.23. The van der Waals surface area contributed by atoms with Crippen molar-refractivity contribution in [1.82, 2.24) is 5.32 Å². The van der Waals surface area contributed by atoms with Gasteiger partial charge in [-0.25, -0.2) is 0 Å². The molecule has 0 aliphatic rings. The number of ether oxygens (including phenoxy) is 1. The molecule has 3 atom stereocenters. The van der Waals surface area contributed by atoms with Crippen LogP contribution in [0.3, 0.4) is 0 Å². The maximum absolute atomic E-state index is 13.2. The molecule has 1 amide bonds. The Morgan fingerprint density at radius 3 is 1.25 bits per heavy atom. The number of unbranched alkanes of at least 4 members (excludes halogenated alkanes) is 15. The third-order valence-corrected chi connectivity index (χ3v) is 11.5. The Balaban J connectivity index is 4.83. The van der Waals surface area contributed by atoms with Crippen LogP contribution in [0.5, 0.6) is 0 Å². The van der Waals surface area contributed by atoms with Gasteiger partial charge in [-0.15, -0.1) is 0 Å². The summed E-state index contributed by atoms with van der Waals surface area (Å²) in [5.74, 6) is -0.638. The first-order valence-electron chi connectivity index (χ1n) is 27.3. The van der Waals surface area contributed by atoms with Gasteiger partial charge >= 0.3 is 5.97 Å². The fraction of sp³-hybridized carbons (Fsp3) is 0.639. The normalized spacial score (nSPS) is 14.2. The number of hydrogen-bond donors (Lipinski definition) is 3. The first-order valence-corrected chi connectivity index (χ1v) is 27.3. The minimum Gasteiger partial charge on any atom is -0.462 e. The number of aliphatic hydroxyl groups is 2. The number of nitrogens with one attached hydrogen (secondary N) is 1. The quantitative estimate of drug-likeness (QED) is 0.0321. The molecule has 0 radical (unpaired) electrons. The highest BCUT2D eigenvalue weighted by atomic mass is 16.5. The maximum atomic E-state index is 13.2. The van der Waals surface area contributed by atoms with E-state index in [2.05, 4.69) is 142 Å². The van der Waals surface area contributed by atoms with Gasteiger partial charge < -0.3 is 20.3 Å². The average Bonchev–Trinajstić information content (AvgIpc) is 3.32. The molecular weight excluding hydrogens is 827 g/mol. The van der Waals surface area contributed by atoms with Crippen molar-refractivity contribution in [3.63, 3.8) is 0 Å². The molecule has 0 bridgehead atoms. The molecule has 0 rings (SSSR count). The van der Waals surface area contributed by atoms with Crippen molar-refractivity contribution in [3.8, 4) is 0 Å². The van der Waals surface area contributed by atoms with Crippen molar-refractivity contribution in [2.75, 3.05) is 6.61 Å². The van der Waals surface area contributed by atoms with Crippen molar-refractivity contribution in [3.05, 3.63) is 122 Å². The molecule has 0 aliphatic carbocycles. The van der Waals surface area contributed by atoms with Gasteiger partial charge in [-0.05, 0) is 103 Å². The standard InChI is InChI=1S/C61H101NO5/c1-4-7-10-13-16-19-22-25-27-29-30-32-34-36-39-42-45-48-51-54-61(66)67-57(52-49-46-43-40-37-35-33-31-28-26-23-20-17-14-11-8-5-2)55-60(65)62-58(56-63)59(64)53-50-47-44-41-38-24-21-18-15-12-9-6-3/h7,10,16-17,19-20,25-28,30,32-33,35-36,39-40,43,45,48,57-59,63-64H,4-6,8-9,11-15,18,21-24,29,31,34,37-38,41-42,44,46-47,49-56H2,1-3H3,(H,62,65)/b10-7-,19-16-,20-17-,27-25-,28-26-,32-30-,35-33-,39-36-,43-40-,48-45-. The molecule has 67 heavy (non-hydrogen) atoms. The predicted molar refractivity (Wildman–Crippen MR) is 291 cm³/mol. The SMILES string of the molecule is CC/C=C\C/C=C\C/C=C\C/C=C\C/C=C\C/C=C\CCC(=O)OC(CCC/C=C\C/C=C\C/C=C\C/C=C\CCCCC)CC(=O)NC(CO)C(O)CCCCCCCCCCCCCC. The van der Waals surface area contributed by atoms with Crippen LogP contribution in [0.2, 0.25) is 0 Å². The van der Waals surface area contributed by atoms with Crippen LogP contribution >= 0.6 is 0 Å². The van der Waals surface area contributed by atoms with E-state index in [1.807, 2.05) is 6.08 Å². The molecule has 0 spiro atoms. The van der Waals surface area contributed by atoms with Crippen molar-refractivity contribution < 1.29 is 24.5 Å². The third kappa shape index (κ3) is 48.5. The summed E-state index contributed by atoms with van der Waals surface area (Å²) in [5, 5.41) is 23.8. The summed E-state index contributed by atoms with van der Waals surface area (Å²) in [6.07, 6.45) is 74.1. The van der Waals surface area contributed by atoms with Crippen LogP contribution in [0, 0.1) is 0 Å². The molecule has 0 saturated heterocycles. The fourth-order valence-electron chi connectivity index (χ4n) is 7.44. The van der Waals surface area contributed by atoms with Gasteiger partial charge in [-0.3, -0.25) is 9.59 Å². The fourth-order valence-corrected chi connectivity index (χ4v) is 7.44. The van der Waals surface area contributed by atoms with Gasteiger partial charge in [0.2, 0.25) is 5.91 Å². The molecule has 0 fully saturated rings. The first kappa shape index (κ1) is 63.3. The van der Waals surface area contributed by atoms with E-state index in [0.29, 0.717) is 19.3 Å². The van der Waals surface area contributed by atoms with Gasteiger partial charge in [0, 0.05) is 6.42 Å². The van der Waals surface area contributed by atoms with Crippen LogP contribution < -0.4 is 5.32 Å². The summed E-state index contributed by atoms with van der Waals surface area (Å²) in [5.41, 5.74) is 0. The number of aliphatic hydroxyl groups excluding tert-OH is 2. The molecule has 0 saturated carbocycles. The molecular formula is C61H101NO5. The van der Waals surface area contributed by atoms with E-state index in [9.17, 15) is 19.8 Å². The second-order valence-corrected chi connectivity index (χ2v) is 17.9. The lowest BCUT2D eigenvalue weighted by molar-refractivity contribution is -0.150. The zero-order valence-electron chi connectivity index (χ0n) is 43.2. The summed E-state index contributed by atoms with van der Waals surface area (Å²) in [4.78, 5) is 26.2. The summed E-state index contributed by atoms with van der Waals surface area (Å²) < 4.78 is 5.87. The van der Waals surface area contributed by atoms with Crippen LogP contribution in [-0.4, -0.2) is 46.9 Å². The third-order valence-electron chi connectivity index (χ3n) is 11.5. The van der Waals surface area contributed by atoms with Gasteiger partial charge in [0.15, 0.2) is 0 Å². The smallest absolute Gasteiger partial charge is 0.306 e.